The smallest absolute Gasteiger partial charge is 0.418 e. The lowest BCUT2D eigenvalue weighted by Crippen LogP contribution is -2.52. The third-order valence-electron chi connectivity index (χ3n) is 13.6. The molecular weight excluding hydrogens is 827 g/mol. The number of halogens is 4. The molecule has 0 bridgehead atoms. The minimum Gasteiger partial charge on any atom is -0.465 e. The monoisotopic (exact) mass is 887 g/mol. The van der Waals surface area contributed by atoms with Crippen LogP contribution in [0.15, 0.2) is 36.4 Å². The van der Waals surface area contributed by atoms with Crippen LogP contribution in [0.1, 0.15) is 80.9 Å². The van der Waals surface area contributed by atoms with Gasteiger partial charge in [0, 0.05) is 57.4 Å². The molecule has 0 unspecified atom stereocenters. The molecule has 4 fully saturated rings. The van der Waals surface area contributed by atoms with E-state index in [0.29, 0.717) is 57.3 Å². The number of esters is 1. The number of hydrogen-bond acceptors (Lipinski definition) is 9. The van der Waals surface area contributed by atoms with Crippen molar-refractivity contribution in [2.75, 3.05) is 89.6 Å². The number of amides is 4. The van der Waals surface area contributed by atoms with Gasteiger partial charge in [-0.05, 0) is 132 Å². The first-order chi connectivity index (χ1) is 29.8. The summed E-state index contributed by atoms with van der Waals surface area (Å²) in [6, 6.07) is 9.52. The van der Waals surface area contributed by atoms with Crippen LogP contribution in [0, 0.1) is 11.8 Å². The average Bonchev–Trinajstić information content (AvgIpc) is 3.44. The minimum atomic E-state index is -4.79. The maximum absolute atomic E-state index is 14.2. The van der Waals surface area contributed by atoms with Crippen molar-refractivity contribution in [3.63, 3.8) is 0 Å². The number of nitrogens with one attached hydrogen (secondary N) is 1. The zero-order valence-electron chi connectivity index (χ0n) is 35.5. The summed E-state index contributed by atoms with van der Waals surface area (Å²) in [6.45, 7) is 7.48. The topological polar surface area (TPSA) is 141 Å². The van der Waals surface area contributed by atoms with Crippen LogP contribution < -0.4 is 11.1 Å². The van der Waals surface area contributed by atoms with Crippen molar-refractivity contribution in [2.24, 2.45) is 11.8 Å². The maximum atomic E-state index is 14.2. The second kappa shape index (κ2) is 20.9. The van der Waals surface area contributed by atoms with E-state index in [-0.39, 0.29) is 54.7 Å². The minimum absolute atomic E-state index is 0.0672. The van der Waals surface area contributed by atoms with Crippen molar-refractivity contribution in [1.29, 1.82) is 0 Å². The number of benzene rings is 2. The van der Waals surface area contributed by atoms with Gasteiger partial charge in [0.2, 0.25) is 0 Å². The summed E-state index contributed by atoms with van der Waals surface area (Å²) in [5.74, 6) is 0.154. The number of nitrogen functional groups attached to an aromatic ring is 1. The summed E-state index contributed by atoms with van der Waals surface area (Å²) >= 11 is 6.17. The second-order valence-electron chi connectivity index (χ2n) is 17.6. The molecule has 0 radical (unpaired) electrons. The molecule has 17 heteroatoms. The number of nitrogens with zero attached hydrogens (tertiary/aromatic N) is 5. The van der Waals surface area contributed by atoms with Crippen molar-refractivity contribution >= 4 is 47.0 Å². The fourth-order valence-electron chi connectivity index (χ4n) is 9.98. The fourth-order valence-corrected chi connectivity index (χ4v) is 10.2. The standard InChI is InChI=1S/C45H61ClF3N7O6/c46-37-28-31(27-36(41(37)50)45(47,48)49)29-39(62-44(60)55-23-14-35(15-24-55)56-25-13-34-7-2-3-8-38(34)51-43(56)59)42(58)54-21-11-33(12-22-54)32-9-19-53(20-10-32)30-40(57)61-26-6-18-52-16-4-1-5-17-52/h2-3,7-8,27-28,32-33,35,39H,1,4-6,9-26,29-30,50H2,(H,51,59)/t39-/m1/s1. The summed E-state index contributed by atoms with van der Waals surface area (Å²) in [5.41, 5.74) is 5.88. The zero-order chi connectivity index (χ0) is 43.8. The Morgan fingerprint density at radius 2 is 1.50 bits per heavy atom. The summed E-state index contributed by atoms with van der Waals surface area (Å²) in [6.07, 6.45) is 2.42. The first kappa shape index (κ1) is 45.7. The van der Waals surface area contributed by atoms with Crippen LogP contribution in [0.25, 0.3) is 0 Å². The van der Waals surface area contributed by atoms with Gasteiger partial charge in [0.1, 0.15) is 0 Å². The number of para-hydroxylation sites is 1. The number of hydrogen-bond donors (Lipinski definition) is 2. The Morgan fingerprint density at radius 3 is 2.19 bits per heavy atom. The van der Waals surface area contributed by atoms with Crippen molar-refractivity contribution < 1.29 is 41.8 Å². The van der Waals surface area contributed by atoms with Crippen molar-refractivity contribution in [3.05, 3.63) is 58.1 Å². The Hall–Kier alpha value is -4.28. The van der Waals surface area contributed by atoms with Gasteiger partial charge in [-0.15, -0.1) is 0 Å². The van der Waals surface area contributed by atoms with Crippen molar-refractivity contribution in [2.45, 2.75) is 95.4 Å². The first-order valence-corrected chi connectivity index (χ1v) is 22.9. The Bertz CT molecular complexity index is 1880. The predicted octanol–water partition coefficient (Wildman–Crippen LogP) is 6.91. The highest BCUT2D eigenvalue weighted by molar-refractivity contribution is 6.33. The summed E-state index contributed by atoms with van der Waals surface area (Å²) in [4.78, 5) is 63.2. The van der Waals surface area contributed by atoms with E-state index in [1.54, 1.807) is 9.80 Å². The van der Waals surface area contributed by atoms with E-state index in [9.17, 15) is 32.3 Å². The SMILES string of the molecule is Nc1c(Cl)cc(C[C@@H](OC(=O)N2CCC(N3CCc4ccccc4NC3=O)CC2)C(=O)N2CCC(C3CCN(CC(=O)OCCCN4CCCCC4)CC3)CC2)cc1C(F)(F)F. The normalized spacial score (nSPS) is 20.9. The maximum Gasteiger partial charge on any atom is 0.418 e. The average molecular weight is 888 g/mol. The molecule has 62 heavy (non-hydrogen) atoms. The summed E-state index contributed by atoms with van der Waals surface area (Å²) in [5, 5.41) is 2.69. The number of anilines is 2. The molecule has 2 aromatic carbocycles. The lowest BCUT2D eigenvalue weighted by Gasteiger charge is -2.41. The highest BCUT2D eigenvalue weighted by atomic mass is 35.5. The number of ether oxygens (including phenoxy) is 2. The molecular formula is C45H61ClF3N7O6. The van der Waals surface area contributed by atoms with Gasteiger partial charge in [-0.1, -0.05) is 36.2 Å². The number of alkyl halides is 3. The van der Waals surface area contributed by atoms with E-state index in [1.165, 1.54) is 30.2 Å². The number of fused-ring (bicyclic) bond motifs is 1. The molecule has 4 amide bonds. The van der Waals surface area contributed by atoms with Crippen molar-refractivity contribution in [1.82, 2.24) is 24.5 Å². The molecule has 13 nitrogen and oxygen atoms in total. The van der Waals surface area contributed by atoms with Gasteiger partial charge in [0.25, 0.3) is 5.91 Å². The predicted molar refractivity (Wildman–Crippen MR) is 230 cm³/mol. The van der Waals surface area contributed by atoms with Gasteiger partial charge >= 0.3 is 24.3 Å². The van der Waals surface area contributed by atoms with Crippen molar-refractivity contribution in [3.8, 4) is 0 Å². The van der Waals surface area contributed by atoms with Gasteiger partial charge in [-0.25, -0.2) is 9.59 Å². The Morgan fingerprint density at radius 1 is 0.839 bits per heavy atom. The third kappa shape index (κ3) is 11.8. The molecule has 2 aromatic rings. The van der Waals surface area contributed by atoms with E-state index >= 15 is 0 Å². The Kier molecular flexibility index (Phi) is 15.4. The molecule has 0 aliphatic carbocycles. The number of nitrogens with two attached hydrogens (primary N) is 1. The number of carbonyl (C=O) groups excluding carboxylic acids is 4. The molecule has 5 heterocycles. The molecule has 340 valence electrons. The molecule has 0 spiro atoms. The lowest BCUT2D eigenvalue weighted by molar-refractivity contribution is -0.145. The van der Waals surface area contributed by atoms with Crippen LogP contribution in [0.3, 0.4) is 0 Å². The molecule has 0 aromatic heterocycles. The lowest BCUT2D eigenvalue weighted by atomic mass is 9.78. The Balaban J connectivity index is 0.913. The van der Waals surface area contributed by atoms with Crippen LogP contribution in [0.4, 0.5) is 34.1 Å². The van der Waals surface area contributed by atoms with Gasteiger partial charge < -0.3 is 40.1 Å². The molecule has 5 aliphatic heterocycles. The molecule has 5 aliphatic rings. The van der Waals surface area contributed by atoms with Crippen LogP contribution in [-0.2, 0) is 38.1 Å². The number of piperidine rings is 4. The second-order valence-corrected chi connectivity index (χ2v) is 18.0. The van der Waals surface area contributed by atoms with Gasteiger partial charge in [-0.3, -0.25) is 14.5 Å². The number of likely N-dealkylation sites (tertiary alicyclic amines) is 4. The third-order valence-corrected chi connectivity index (χ3v) is 13.9. The molecule has 1 atom stereocenters. The number of urea groups is 1. The van der Waals surface area contributed by atoms with E-state index < -0.39 is 35.5 Å². The highest BCUT2D eigenvalue weighted by Crippen LogP contribution is 2.39. The first-order valence-electron chi connectivity index (χ1n) is 22.5. The van der Waals surface area contributed by atoms with E-state index in [0.717, 1.165) is 82.1 Å². The largest absolute Gasteiger partial charge is 0.465 e. The summed E-state index contributed by atoms with van der Waals surface area (Å²) in [7, 11) is 0. The summed E-state index contributed by atoms with van der Waals surface area (Å²) < 4.78 is 53.3. The number of carbonyl (C=O) groups is 4. The zero-order valence-corrected chi connectivity index (χ0v) is 36.3. The van der Waals surface area contributed by atoms with Gasteiger partial charge in [0.05, 0.1) is 29.4 Å². The quantitative estimate of drug-likeness (QED) is 0.132. The van der Waals surface area contributed by atoms with Gasteiger partial charge in [-0.2, -0.15) is 13.2 Å². The Labute approximate surface area is 367 Å². The molecule has 3 N–H and O–H groups in total. The van der Waals surface area contributed by atoms with E-state index in [2.05, 4.69) is 15.1 Å². The molecule has 4 saturated heterocycles. The van der Waals surface area contributed by atoms with E-state index in [1.807, 2.05) is 24.3 Å². The van der Waals surface area contributed by atoms with Crippen LogP contribution in [-0.4, -0.2) is 139 Å². The van der Waals surface area contributed by atoms with E-state index in [4.69, 9.17) is 26.8 Å². The van der Waals surface area contributed by atoms with Gasteiger partial charge in [0.15, 0.2) is 6.10 Å². The van der Waals surface area contributed by atoms with Crippen LogP contribution in [0.2, 0.25) is 5.02 Å². The molecule has 7 rings (SSSR count). The molecule has 0 saturated carbocycles. The van der Waals surface area contributed by atoms with Crippen LogP contribution in [0.5, 0.6) is 0 Å². The fraction of sp³-hybridized carbons (Fsp3) is 0.644. The van der Waals surface area contributed by atoms with Crippen LogP contribution >= 0.6 is 11.6 Å². The highest BCUT2D eigenvalue weighted by Gasteiger charge is 2.39. The number of rotatable bonds is 12.